The molecule has 3 aliphatic rings. The first kappa shape index (κ1) is 14.8. The Morgan fingerprint density at radius 1 is 0.750 bits per heavy atom. The van der Waals surface area contributed by atoms with Gasteiger partial charge in [0.2, 0.25) is 0 Å². The molecule has 3 saturated carbocycles. The summed E-state index contributed by atoms with van der Waals surface area (Å²) >= 11 is 0. The third-order valence-electron chi connectivity index (χ3n) is 6.58. The van der Waals surface area contributed by atoms with Crippen molar-refractivity contribution in [1.29, 1.82) is 0 Å². The van der Waals surface area contributed by atoms with Crippen molar-refractivity contribution in [3.8, 4) is 0 Å². The molecular formula is C18H32O2. The average Bonchev–Trinajstić information content (AvgIpc) is 2.51. The third-order valence-corrected chi connectivity index (χ3v) is 6.58. The molecule has 2 heteroatoms. The molecule has 3 atom stereocenters. The van der Waals surface area contributed by atoms with Crippen LogP contribution in [-0.2, 0) is 0 Å². The van der Waals surface area contributed by atoms with Gasteiger partial charge >= 0.3 is 0 Å². The van der Waals surface area contributed by atoms with E-state index in [0.29, 0.717) is 17.8 Å². The van der Waals surface area contributed by atoms with E-state index in [2.05, 4.69) is 0 Å². The molecule has 0 spiro atoms. The van der Waals surface area contributed by atoms with Crippen LogP contribution >= 0.6 is 0 Å². The summed E-state index contributed by atoms with van der Waals surface area (Å²) < 4.78 is 0. The lowest BCUT2D eigenvalue weighted by Gasteiger charge is -2.51. The van der Waals surface area contributed by atoms with Gasteiger partial charge in [-0.2, -0.15) is 0 Å². The summed E-state index contributed by atoms with van der Waals surface area (Å²) in [5.41, 5.74) is -0.457. The summed E-state index contributed by atoms with van der Waals surface area (Å²) in [6, 6.07) is 0. The molecule has 2 nitrogen and oxygen atoms in total. The predicted molar refractivity (Wildman–Crippen MR) is 81.4 cm³/mol. The smallest absolute Gasteiger partial charge is 0.0708 e. The van der Waals surface area contributed by atoms with Gasteiger partial charge in [-0.05, 0) is 49.9 Å². The van der Waals surface area contributed by atoms with E-state index in [0.717, 1.165) is 19.3 Å². The first-order chi connectivity index (χ1) is 9.70. The molecule has 0 amide bonds. The maximum absolute atomic E-state index is 11.5. The molecular weight excluding hydrogens is 248 g/mol. The molecule has 0 aromatic rings. The normalized spacial score (nSPS) is 41.7. The second-order valence-corrected chi connectivity index (χ2v) is 7.76. The predicted octanol–water partition coefficient (Wildman–Crippen LogP) is 4.04. The van der Waals surface area contributed by atoms with Crippen LogP contribution in [-0.4, -0.2) is 21.9 Å². The van der Waals surface area contributed by atoms with Crippen LogP contribution in [0.4, 0.5) is 0 Å². The summed E-state index contributed by atoms with van der Waals surface area (Å²) in [6.45, 7) is 0. The van der Waals surface area contributed by atoms with Crippen LogP contribution in [0.25, 0.3) is 0 Å². The van der Waals surface area contributed by atoms with Crippen LogP contribution in [0.2, 0.25) is 0 Å². The van der Waals surface area contributed by atoms with Gasteiger partial charge in [0.15, 0.2) is 0 Å². The Bertz CT molecular complexity index is 305. The van der Waals surface area contributed by atoms with E-state index in [9.17, 15) is 10.2 Å². The van der Waals surface area contributed by atoms with Gasteiger partial charge in [-0.25, -0.2) is 0 Å². The molecule has 3 unspecified atom stereocenters. The zero-order valence-corrected chi connectivity index (χ0v) is 12.9. The minimum absolute atomic E-state index is 0.161. The Labute approximate surface area is 124 Å². The van der Waals surface area contributed by atoms with Crippen LogP contribution < -0.4 is 0 Å². The molecule has 2 N–H and O–H groups in total. The van der Waals surface area contributed by atoms with Crippen molar-refractivity contribution in [3.63, 3.8) is 0 Å². The minimum Gasteiger partial charge on any atom is -0.393 e. The minimum atomic E-state index is -0.457. The highest BCUT2D eigenvalue weighted by Gasteiger charge is 2.49. The van der Waals surface area contributed by atoms with Crippen molar-refractivity contribution in [1.82, 2.24) is 0 Å². The van der Waals surface area contributed by atoms with Gasteiger partial charge in [0.1, 0.15) is 0 Å². The monoisotopic (exact) mass is 280 g/mol. The lowest BCUT2D eigenvalue weighted by atomic mass is 9.58. The molecule has 20 heavy (non-hydrogen) atoms. The largest absolute Gasteiger partial charge is 0.393 e. The average molecular weight is 280 g/mol. The molecule has 0 aliphatic heterocycles. The van der Waals surface area contributed by atoms with Crippen molar-refractivity contribution in [2.75, 3.05) is 0 Å². The number of aliphatic hydroxyl groups excluding tert-OH is 1. The maximum atomic E-state index is 11.5. The SMILES string of the molecule is OC1CCC(O)(C2CCCCC2)C(C2CCCCC2)C1. The summed E-state index contributed by atoms with van der Waals surface area (Å²) in [4.78, 5) is 0. The fraction of sp³-hybridized carbons (Fsp3) is 1.00. The van der Waals surface area contributed by atoms with E-state index in [1.54, 1.807) is 0 Å². The van der Waals surface area contributed by atoms with E-state index in [-0.39, 0.29) is 6.10 Å². The Hall–Kier alpha value is -0.0800. The fourth-order valence-electron chi connectivity index (χ4n) is 5.44. The molecule has 3 fully saturated rings. The summed E-state index contributed by atoms with van der Waals surface area (Å²) in [5.74, 6) is 1.55. The number of aliphatic hydroxyl groups is 2. The summed E-state index contributed by atoms with van der Waals surface area (Å²) in [7, 11) is 0. The van der Waals surface area contributed by atoms with Gasteiger partial charge < -0.3 is 10.2 Å². The molecule has 0 heterocycles. The molecule has 3 rings (SSSR count). The summed E-state index contributed by atoms with van der Waals surface area (Å²) in [6.07, 6.45) is 15.3. The topological polar surface area (TPSA) is 40.5 Å². The summed E-state index contributed by atoms with van der Waals surface area (Å²) in [5, 5.41) is 21.6. The Balaban J connectivity index is 1.77. The molecule has 0 bridgehead atoms. The van der Waals surface area contributed by atoms with Crippen LogP contribution in [0.1, 0.15) is 83.5 Å². The van der Waals surface area contributed by atoms with Crippen LogP contribution in [0.3, 0.4) is 0 Å². The molecule has 0 radical (unpaired) electrons. The second kappa shape index (κ2) is 6.36. The second-order valence-electron chi connectivity index (χ2n) is 7.76. The zero-order valence-electron chi connectivity index (χ0n) is 12.9. The van der Waals surface area contributed by atoms with E-state index < -0.39 is 5.60 Å². The van der Waals surface area contributed by atoms with Crippen molar-refractivity contribution < 1.29 is 10.2 Å². The number of hydrogen-bond acceptors (Lipinski definition) is 2. The van der Waals surface area contributed by atoms with Crippen LogP contribution in [0.5, 0.6) is 0 Å². The number of rotatable bonds is 2. The van der Waals surface area contributed by atoms with Crippen molar-refractivity contribution >= 4 is 0 Å². The van der Waals surface area contributed by atoms with Gasteiger partial charge in [-0.15, -0.1) is 0 Å². The highest BCUT2D eigenvalue weighted by molar-refractivity contribution is 5.00. The Morgan fingerprint density at radius 2 is 1.35 bits per heavy atom. The van der Waals surface area contributed by atoms with E-state index >= 15 is 0 Å². The zero-order chi connectivity index (χ0) is 14.0. The van der Waals surface area contributed by atoms with E-state index in [1.165, 1.54) is 64.2 Å². The lowest BCUT2D eigenvalue weighted by Crippen LogP contribution is -2.53. The molecule has 0 saturated heterocycles. The molecule has 116 valence electrons. The quantitative estimate of drug-likeness (QED) is 0.801. The van der Waals surface area contributed by atoms with Gasteiger partial charge in [-0.3, -0.25) is 0 Å². The van der Waals surface area contributed by atoms with Gasteiger partial charge in [0.05, 0.1) is 11.7 Å². The molecule has 0 aromatic carbocycles. The Morgan fingerprint density at radius 3 is 2.00 bits per heavy atom. The lowest BCUT2D eigenvalue weighted by molar-refractivity contribution is -0.147. The van der Waals surface area contributed by atoms with Gasteiger partial charge in [0, 0.05) is 0 Å². The highest BCUT2D eigenvalue weighted by atomic mass is 16.3. The van der Waals surface area contributed by atoms with E-state index in [4.69, 9.17) is 0 Å². The van der Waals surface area contributed by atoms with Crippen molar-refractivity contribution in [2.24, 2.45) is 17.8 Å². The number of hydrogen-bond donors (Lipinski definition) is 2. The maximum Gasteiger partial charge on any atom is 0.0708 e. The van der Waals surface area contributed by atoms with Crippen LogP contribution in [0, 0.1) is 17.8 Å². The molecule has 3 aliphatic carbocycles. The first-order valence-electron chi connectivity index (χ1n) is 9.10. The first-order valence-corrected chi connectivity index (χ1v) is 9.10. The standard InChI is InChI=1S/C18H32O2/c19-16-11-12-18(20,15-9-5-2-6-10-15)17(13-16)14-7-3-1-4-8-14/h14-17,19-20H,1-13H2. The van der Waals surface area contributed by atoms with E-state index in [1.807, 2.05) is 0 Å². The van der Waals surface area contributed by atoms with Crippen molar-refractivity contribution in [2.45, 2.75) is 95.2 Å². The highest BCUT2D eigenvalue weighted by Crippen LogP contribution is 2.50. The van der Waals surface area contributed by atoms with Gasteiger partial charge in [-0.1, -0.05) is 51.4 Å². The van der Waals surface area contributed by atoms with Crippen LogP contribution in [0.15, 0.2) is 0 Å². The van der Waals surface area contributed by atoms with Gasteiger partial charge in [0.25, 0.3) is 0 Å². The molecule has 0 aromatic heterocycles. The third kappa shape index (κ3) is 2.92. The van der Waals surface area contributed by atoms with Crippen molar-refractivity contribution in [3.05, 3.63) is 0 Å². The fourth-order valence-corrected chi connectivity index (χ4v) is 5.44. The Kier molecular flexibility index (Phi) is 4.72.